The molecule has 2 aromatic heterocycles. The van der Waals surface area contributed by atoms with Gasteiger partial charge >= 0.3 is 0 Å². The lowest BCUT2D eigenvalue weighted by atomic mass is 10.3. The second-order valence-electron chi connectivity index (χ2n) is 4.47. The Morgan fingerprint density at radius 1 is 1.33 bits per heavy atom. The molecule has 3 rings (SSSR count). The van der Waals surface area contributed by atoms with Gasteiger partial charge in [0.05, 0.1) is 12.4 Å². The van der Waals surface area contributed by atoms with Crippen LogP contribution in [-0.2, 0) is 0 Å². The Morgan fingerprint density at radius 2 is 2.11 bits per heavy atom. The lowest BCUT2D eigenvalue weighted by molar-refractivity contribution is 0.0977. The topological polar surface area (TPSA) is 63.4 Å². The molecule has 3 heterocycles. The third-order valence-electron chi connectivity index (χ3n) is 3.28. The second-order valence-corrected chi connectivity index (χ2v) is 4.47. The van der Waals surface area contributed by atoms with Crippen LogP contribution in [0, 0.1) is 0 Å². The van der Waals surface area contributed by atoms with Crippen molar-refractivity contribution in [2.24, 2.45) is 0 Å². The number of carbonyl (C=O) groups excluding carboxylic acids is 1. The van der Waals surface area contributed by atoms with Crippen molar-refractivity contribution in [2.75, 3.05) is 18.0 Å². The van der Waals surface area contributed by atoms with Crippen molar-refractivity contribution < 1.29 is 4.79 Å². The molecule has 0 aliphatic carbocycles. The first-order valence-electron chi connectivity index (χ1n) is 6.28. The lowest BCUT2D eigenvalue weighted by Gasteiger charge is -2.15. The zero-order chi connectivity index (χ0) is 12.5. The Morgan fingerprint density at radius 3 is 2.83 bits per heavy atom. The van der Waals surface area contributed by atoms with Gasteiger partial charge < -0.3 is 4.90 Å². The molecule has 1 aliphatic heterocycles. The number of hydrogen-bond donors (Lipinski definition) is 0. The molecule has 6 heteroatoms. The first-order chi connectivity index (χ1) is 8.79. The van der Waals surface area contributed by atoms with Crippen LogP contribution in [0.5, 0.6) is 0 Å². The summed E-state index contributed by atoms with van der Waals surface area (Å²) in [5.41, 5.74) is 0.620. The van der Waals surface area contributed by atoms with Gasteiger partial charge in [-0.05, 0) is 12.8 Å². The highest BCUT2D eigenvalue weighted by Gasteiger charge is 2.17. The van der Waals surface area contributed by atoms with Crippen LogP contribution in [0.1, 0.15) is 36.8 Å². The average molecular weight is 245 g/mol. The summed E-state index contributed by atoms with van der Waals surface area (Å²) in [6.45, 7) is 3.88. The number of ketones is 1. The molecule has 0 bridgehead atoms. The van der Waals surface area contributed by atoms with Crippen molar-refractivity contribution in [2.45, 2.75) is 26.2 Å². The molecule has 0 unspecified atom stereocenters. The van der Waals surface area contributed by atoms with E-state index in [0.29, 0.717) is 17.9 Å². The number of hydrogen-bond acceptors (Lipinski definition) is 5. The Hall–Kier alpha value is -1.98. The summed E-state index contributed by atoms with van der Waals surface area (Å²) in [5, 5.41) is 7.91. The van der Waals surface area contributed by atoms with Crippen LogP contribution in [-0.4, -0.2) is 38.5 Å². The van der Waals surface area contributed by atoms with Gasteiger partial charge in [-0.15, -0.1) is 10.2 Å². The molecule has 18 heavy (non-hydrogen) atoms. The fraction of sp³-hybridized carbons (Fsp3) is 0.500. The molecule has 1 saturated heterocycles. The first-order valence-corrected chi connectivity index (χ1v) is 6.28. The molecule has 94 valence electrons. The predicted molar refractivity (Wildman–Crippen MR) is 66.9 cm³/mol. The Labute approximate surface area is 105 Å². The van der Waals surface area contributed by atoms with E-state index in [1.807, 2.05) is 13.1 Å². The minimum Gasteiger partial charge on any atom is -0.355 e. The van der Waals surface area contributed by atoms with Gasteiger partial charge in [0.15, 0.2) is 11.4 Å². The molecule has 0 amide bonds. The lowest BCUT2D eigenvalue weighted by Crippen LogP contribution is -2.19. The summed E-state index contributed by atoms with van der Waals surface area (Å²) >= 11 is 0. The first kappa shape index (κ1) is 11.1. The fourth-order valence-corrected chi connectivity index (χ4v) is 2.25. The summed E-state index contributed by atoms with van der Waals surface area (Å²) in [5.74, 6) is 1.29. The molecule has 1 fully saturated rings. The maximum Gasteiger partial charge on any atom is 0.204 e. The number of Topliss-reactive ketones (excluding diaryl/α,β-unsaturated/α-hetero) is 1. The van der Waals surface area contributed by atoms with Gasteiger partial charge in [0.25, 0.3) is 0 Å². The quantitative estimate of drug-likeness (QED) is 0.763. The van der Waals surface area contributed by atoms with Gasteiger partial charge in [0, 0.05) is 19.5 Å². The summed E-state index contributed by atoms with van der Waals surface area (Å²) in [4.78, 5) is 18.4. The van der Waals surface area contributed by atoms with Crippen molar-refractivity contribution >= 4 is 17.2 Å². The molecule has 0 radical (unpaired) electrons. The van der Waals surface area contributed by atoms with Gasteiger partial charge in [-0.25, -0.2) is 4.98 Å². The van der Waals surface area contributed by atoms with Crippen molar-refractivity contribution in [3.8, 4) is 0 Å². The van der Waals surface area contributed by atoms with Crippen molar-refractivity contribution in [1.29, 1.82) is 0 Å². The zero-order valence-corrected chi connectivity index (χ0v) is 10.3. The largest absolute Gasteiger partial charge is 0.355 e. The van der Waals surface area contributed by atoms with E-state index in [4.69, 9.17) is 0 Å². The molecule has 0 spiro atoms. The van der Waals surface area contributed by atoms with E-state index in [-0.39, 0.29) is 5.78 Å². The molecule has 6 nitrogen and oxygen atoms in total. The van der Waals surface area contributed by atoms with E-state index in [1.54, 1.807) is 10.6 Å². The van der Waals surface area contributed by atoms with E-state index < -0.39 is 0 Å². The number of carbonyl (C=O) groups is 1. The van der Waals surface area contributed by atoms with Crippen LogP contribution in [0.3, 0.4) is 0 Å². The Balaban J connectivity index is 2.06. The standard InChI is InChI=1S/C12H15N5O/c1-2-9(18)12-15-14-10-7-13-11(8-17(10)12)16-5-3-4-6-16/h7-8H,2-6H2,1H3. The number of fused-ring (bicyclic) bond motifs is 1. The SMILES string of the molecule is CCC(=O)c1nnc2cnc(N3CCCC3)cn12. The maximum atomic E-state index is 11.8. The smallest absolute Gasteiger partial charge is 0.204 e. The van der Waals surface area contributed by atoms with Gasteiger partial charge in [0.1, 0.15) is 5.82 Å². The minimum absolute atomic E-state index is 0.000993. The number of nitrogens with zero attached hydrogens (tertiary/aromatic N) is 5. The number of anilines is 1. The summed E-state index contributed by atoms with van der Waals surface area (Å²) in [6, 6.07) is 0. The van der Waals surface area contributed by atoms with E-state index in [0.717, 1.165) is 18.9 Å². The average Bonchev–Trinajstić information content (AvgIpc) is 3.06. The summed E-state index contributed by atoms with van der Waals surface area (Å²) in [7, 11) is 0. The van der Waals surface area contributed by atoms with E-state index in [1.165, 1.54) is 12.8 Å². The monoisotopic (exact) mass is 245 g/mol. The molecule has 0 N–H and O–H groups in total. The fourth-order valence-electron chi connectivity index (χ4n) is 2.25. The molecule has 0 atom stereocenters. The predicted octanol–water partition coefficient (Wildman–Crippen LogP) is 1.32. The van der Waals surface area contributed by atoms with Gasteiger partial charge in [-0.2, -0.15) is 0 Å². The van der Waals surface area contributed by atoms with Crippen LogP contribution in [0.4, 0.5) is 5.82 Å². The minimum atomic E-state index is 0.000993. The number of aromatic nitrogens is 4. The van der Waals surface area contributed by atoms with Crippen LogP contribution >= 0.6 is 0 Å². The zero-order valence-electron chi connectivity index (χ0n) is 10.3. The van der Waals surface area contributed by atoms with E-state index >= 15 is 0 Å². The molecular weight excluding hydrogens is 230 g/mol. The van der Waals surface area contributed by atoms with Crippen LogP contribution in [0.25, 0.3) is 5.65 Å². The summed E-state index contributed by atoms with van der Waals surface area (Å²) in [6.07, 6.45) is 6.37. The Kier molecular flexibility index (Phi) is 2.70. The van der Waals surface area contributed by atoms with Gasteiger partial charge in [-0.1, -0.05) is 6.92 Å². The Bertz CT molecular complexity index is 585. The van der Waals surface area contributed by atoms with Crippen molar-refractivity contribution in [3.63, 3.8) is 0 Å². The van der Waals surface area contributed by atoms with E-state index in [2.05, 4.69) is 20.1 Å². The van der Waals surface area contributed by atoms with Gasteiger partial charge in [-0.3, -0.25) is 9.20 Å². The van der Waals surface area contributed by atoms with Gasteiger partial charge in [0.2, 0.25) is 5.82 Å². The highest BCUT2D eigenvalue weighted by Crippen LogP contribution is 2.18. The molecule has 2 aromatic rings. The van der Waals surface area contributed by atoms with Crippen LogP contribution in [0.15, 0.2) is 12.4 Å². The highest BCUT2D eigenvalue weighted by atomic mass is 16.1. The third-order valence-corrected chi connectivity index (χ3v) is 3.28. The van der Waals surface area contributed by atoms with Crippen molar-refractivity contribution in [3.05, 3.63) is 18.2 Å². The summed E-state index contributed by atoms with van der Waals surface area (Å²) < 4.78 is 1.74. The second kappa shape index (κ2) is 4.36. The normalized spacial score (nSPS) is 15.5. The third kappa shape index (κ3) is 1.73. The number of rotatable bonds is 3. The molecule has 1 aliphatic rings. The maximum absolute atomic E-state index is 11.8. The molecule has 0 saturated carbocycles. The molecular formula is C12H15N5O. The van der Waals surface area contributed by atoms with E-state index in [9.17, 15) is 4.79 Å². The highest BCUT2D eigenvalue weighted by molar-refractivity contribution is 5.93. The van der Waals surface area contributed by atoms with Crippen LogP contribution in [0.2, 0.25) is 0 Å². The van der Waals surface area contributed by atoms with Crippen LogP contribution < -0.4 is 4.90 Å². The molecule has 0 aromatic carbocycles. The van der Waals surface area contributed by atoms with Crippen molar-refractivity contribution in [1.82, 2.24) is 19.6 Å².